The SMILES string of the molecule is [2H]C(CCCCCCCCCCCCCCC)C([2H])([2H])C(=O)O. The van der Waals surface area contributed by atoms with E-state index in [-0.39, 0.29) is 0 Å². The van der Waals surface area contributed by atoms with E-state index in [2.05, 4.69) is 6.92 Å². The van der Waals surface area contributed by atoms with E-state index in [1.54, 1.807) is 0 Å². The van der Waals surface area contributed by atoms with Crippen LogP contribution in [0.1, 0.15) is 114 Å². The van der Waals surface area contributed by atoms with Crippen molar-refractivity contribution >= 4 is 5.97 Å². The molecule has 0 fully saturated rings. The summed E-state index contributed by atoms with van der Waals surface area (Å²) in [7, 11) is 0. The third kappa shape index (κ3) is 17.5. The molecule has 0 aliphatic heterocycles. The molecule has 1 atom stereocenters. The molecule has 0 saturated heterocycles. The average Bonchev–Trinajstić information content (AvgIpc) is 2.51. The summed E-state index contributed by atoms with van der Waals surface area (Å²) in [6.45, 7) is 2.24. The van der Waals surface area contributed by atoms with Gasteiger partial charge in [-0.05, 0) is 6.40 Å². The van der Waals surface area contributed by atoms with Gasteiger partial charge in [0.05, 0.1) is 0 Å². The lowest BCUT2D eigenvalue weighted by Crippen LogP contribution is -1.93. The molecular formula is C18H36O2. The van der Waals surface area contributed by atoms with Crippen LogP contribution in [0.3, 0.4) is 0 Å². The Morgan fingerprint density at radius 2 is 1.10 bits per heavy atom. The molecule has 0 aromatic heterocycles. The van der Waals surface area contributed by atoms with Crippen molar-refractivity contribution in [1.29, 1.82) is 0 Å². The van der Waals surface area contributed by atoms with Crippen LogP contribution in [0.25, 0.3) is 0 Å². The first-order valence-corrected chi connectivity index (χ1v) is 8.58. The van der Waals surface area contributed by atoms with E-state index in [0.29, 0.717) is 6.42 Å². The Labute approximate surface area is 130 Å². The van der Waals surface area contributed by atoms with Gasteiger partial charge in [0.15, 0.2) is 0 Å². The first-order chi connectivity index (χ1) is 10.9. The minimum absolute atomic E-state index is 0.330. The second kappa shape index (κ2) is 16.5. The maximum atomic E-state index is 10.7. The number of carboxylic acids is 1. The molecule has 0 aliphatic carbocycles. The van der Waals surface area contributed by atoms with Crippen LogP contribution in [0.4, 0.5) is 0 Å². The summed E-state index contributed by atoms with van der Waals surface area (Å²) in [6.07, 6.45) is 12.8. The molecule has 0 aliphatic rings. The molecule has 1 unspecified atom stereocenters. The molecule has 0 amide bonds. The molecule has 0 saturated carbocycles. The molecular weight excluding hydrogens is 248 g/mol. The molecule has 2 heteroatoms. The summed E-state index contributed by atoms with van der Waals surface area (Å²) in [4.78, 5) is 10.7. The summed E-state index contributed by atoms with van der Waals surface area (Å²) >= 11 is 0. The lowest BCUT2D eigenvalue weighted by Gasteiger charge is -2.03. The molecule has 2 nitrogen and oxygen atoms in total. The van der Waals surface area contributed by atoms with E-state index in [0.717, 1.165) is 19.3 Å². The van der Waals surface area contributed by atoms with Crippen molar-refractivity contribution in [3.8, 4) is 0 Å². The van der Waals surface area contributed by atoms with E-state index in [1.807, 2.05) is 0 Å². The van der Waals surface area contributed by atoms with Gasteiger partial charge in [-0.3, -0.25) is 4.79 Å². The van der Waals surface area contributed by atoms with Gasteiger partial charge < -0.3 is 5.11 Å². The van der Waals surface area contributed by atoms with E-state index in [4.69, 9.17) is 9.22 Å². The van der Waals surface area contributed by atoms with Crippen LogP contribution >= 0.6 is 0 Å². The molecule has 0 bridgehead atoms. The number of hydrogen-bond donors (Lipinski definition) is 1. The van der Waals surface area contributed by atoms with Gasteiger partial charge in [-0.2, -0.15) is 0 Å². The van der Waals surface area contributed by atoms with Crippen molar-refractivity contribution in [3.63, 3.8) is 0 Å². The van der Waals surface area contributed by atoms with Crippen molar-refractivity contribution in [1.82, 2.24) is 0 Å². The molecule has 120 valence electrons. The average molecular weight is 288 g/mol. The van der Waals surface area contributed by atoms with E-state index < -0.39 is 18.7 Å². The Morgan fingerprint density at radius 1 is 0.750 bits per heavy atom. The number of hydrogen-bond acceptors (Lipinski definition) is 1. The van der Waals surface area contributed by atoms with Gasteiger partial charge in [-0.1, -0.05) is 96.8 Å². The summed E-state index contributed by atoms with van der Waals surface area (Å²) in [5, 5.41) is 8.72. The largest absolute Gasteiger partial charge is 0.481 e. The Morgan fingerprint density at radius 3 is 1.45 bits per heavy atom. The van der Waals surface area contributed by atoms with E-state index in [1.165, 1.54) is 64.2 Å². The van der Waals surface area contributed by atoms with Crippen molar-refractivity contribution in [2.75, 3.05) is 0 Å². The number of aliphatic carboxylic acids is 1. The normalized spacial score (nSPS) is 15.3. The third-order valence-corrected chi connectivity index (χ3v) is 3.68. The molecule has 1 N–H and O–H groups in total. The number of carboxylic acid groups (broad SMARTS) is 1. The maximum Gasteiger partial charge on any atom is 0.303 e. The second-order valence-corrected chi connectivity index (χ2v) is 5.68. The van der Waals surface area contributed by atoms with Gasteiger partial charge in [0.2, 0.25) is 0 Å². The number of unbranched alkanes of at least 4 members (excludes halogenated alkanes) is 12. The minimum atomic E-state index is -2.42. The smallest absolute Gasteiger partial charge is 0.303 e. The highest BCUT2D eigenvalue weighted by atomic mass is 16.4. The minimum Gasteiger partial charge on any atom is -0.481 e. The van der Waals surface area contributed by atoms with Gasteiger partial charge in [-0.25, -0.2) is 0 Å². The zero-order valence-corrected chi connectivity index (χ0v) is 13.3. The Hall–Kier alpha value is -0.530. The second-order valence-electron chi connectivity index (χ2n) is 5.68. The highest BCUT2D eigenvalue weighted by Gasteiger charge is 1.97. The molecule has 0 aromatic rings. The van der Waals surface area contributed by atoms with Gasteiger partial charge in [0.1, 0.15) is 0 Å². The summed E-state index contributed by atoms with van der Waals surface area (Å²) in [5.74, 6) is -1.52. The predicted octanol–water partition coefficient (Wildman–Crippen LogP) is 6.33. The van der Waals surface area contributed by atoms with E-state index >= 15 is 0 Å². The van der Waals surface area contributed by atoms with Crippen molar-refractivity contribution in [3.05, 3.63) is 0 Å². The van der Waals surface area contributed by atoms with Crippen LogP contribution in [-0.2, 0) is 4.79 Å². The van der Waals surface area contributed by atoms with E-state index in [9.17, 15) is 4.79 Å². The van der Waals surface area contributed by atoms with Crippen LogP contribution in [0.2, 0.25) is 0 Å². The van der Waals surface area contributed by atoms with Crippen molar-refractivity contribution < 1.29 is 14.0 Å². The Balaban J connectivity index is 3.32. The molecule has 0 spiro atoms. The monoisotopic (exact) mass is 287 g/mol. The molecule has 0 radical (unpaired) electrons. The van der Waals surface area contributed by atoms with Gasteiger partial charge in [0.25, 0.3) is 0 Å². The fourth-order valence-corrected chi connectivity index (χ4v) is 2.42. The fourth-order valence-electron chi connectivity index (χ4n) is 2.42. The molecule has 0 aromatic carbocycles. The molecule has 20 heavy (non-hydrogen) atoms. The predicted molar refractivity (Wildman–Crippen MR) is 87.2 cm³/mol. The first kappa shape index (κ1) is 14.4. The highest BCUT2D eigenvalue weighted by molar-refractivity contribution is 5.66. The quantitative estimate of drug-likeness (QED) is 0.337. The van der Waals surface area contributed by atoms with Gasteiger partial charge in [-0.15, -0.1) is 0 Å². The molecule has 0 heterocycles. The number of rotatable bonds is 16. The Bertz CT molecular complexity index is 296. The third-order valence-electron chi connectivity index (χ3n) is 3.68. The maximum absolute atomic E-state index is 10.7. The lowest BCUT2D eigenvalue weighted by molar-refractivity contribution is -0.137. The van der Waals surface area contributed by atoms with Crippen LogP contribution in [0.15, 0.2) is 0 Å². The standard InChI is InChI=1S/C18H36O2/c1-2-3-4-5-6-7-8-9-10-11-12-13-14-15-16-17-18(19)20/h2-17H2,1H3,(H,19,20)/i16D,17D2. The van der Waals surface area contributed by atoms with Crippen LogP contribution in [0.5, 0.6) is 0 Å². The summed E-state index contributed by atoms with van der Waals surface area (Å²) in [5.41, 5.74) is 0. The van der Waals surface area contributed by atoms with Crippen LogP contribution in [-0.4, -0.2) is 11.1 Å². The lowest BCUT2D eigenvalue weighted by atomic mass is 10.0. The topological polar surface area (TPSA) is 37.3 Å². The first-order valence-electron chi connectivity index (χ1n) is 10.2. The Kier molecular flexibility index (Phi) is 11.9. The van der Waals surface area contributed by atoms with Gasteiger partial charge >= 0.3 is 5.97 Å². The fraction of sp³-hybridized carbons (Fsp3) is 0.944. The van der Waals surface area contributed by atoms with Crippen molar-refractivity contribution in [2.45, 2.75) is 110 Å². The van der Waals surface area contributed by atoms with Gasteiger partial charge in [0, 0.05) is 10.5 Å². The van der Waals surface area contributed by atoms with Crippen LogP contribution < -0.4 is 0 Å². The summed E-state index contributed by atoms with van der Waals surface area (Å²) < 4.78 is 22.3. The van der Waals surface area contributed by atoms with Crippen LogP contribution in [0, 0.1) is 0 Å². The summed E-state index contributed by atoms with van der Waals surface area (Å²) in [6, 6.07) is 0. The zero-order chi connectivity index (χ0) is 17.6. The number of carbonyl (C=O) groups is 1. The van der Waals surface area contributed by atoms with Crippen molar-refractivity contribution in [2.24, 2.45) is 0 Å². The highest BCUT2D eigenvalue weighted by Crippen LogP contribution is 2.13. The molecule has 0 rings (SSSR count). The zero-order valence-electron chi connectivity index (χ0n) is 16.3.